The predicted molar refractivity (Wildman–Crippen MR) is 256 cm³/mol. The summed E-state index contributed by atoms with van der Waals surface area (Å²) in [5.74, 6) is 0.704. The van der Waals surface area contributed by atoms with Crippen LogP contribution in [0, 0.1) is 0 Å². The molecule has 1 aliphatic heterocycles. The molecule has 10 aromatic rings. The molecule has 0 atom stereocenters. The number of hydrogen-bond acceptors (Lipinski definition) is 3. The van der Waals surface area contributed by atoms with Crippen LogP contribution in [0.2, 0.25) is 0 Å². The Hall–Kier alpha value is -7.59. The Morgan fingerprint density at radius 2 is 0.742 bits per heavy atom. The minimum absolute atomic E-state index is 0.411. The third-order valence-electron chi connectivity index (χ3n) is 12.6. The molecule has 0 N–H and O–H groups in total. The van der Waals surface area contributed by atoms with Crippen molar-refractivity contribution < 1.29 is 0 Å². The summed E-state index contributed by atoms with van der Waals surface area (Å²) in [7, 11) is 0. The molecule has 12 rings (SSSR count). The highest BCUT2D eigenvalue weighted by molar-refractivity contribution is 7.99. The number of nitrogens with zero attached hydrogens (tertiary/aromatic N) is 2. The monoisotopic (exact) mass is 806 g/mol. The number of hydrogen-bond donors (Lipinski definition) is 0. The number of aromatic nitrogens is 2. The van der Waals surface area contributed by atoms with E-state index in [-0.39, 0.29) is 0 Å². The van der Waals surface area contributed by atoms with Gasteiger partial charge in [-0.1, -0.05) is 218 Å². The Morgan fingerprint density at radius 3 is 1.44 bits per heavy atom. The lowest BCUT2D eigenvalue weighted by molar-refractivity contribution is 0.723. The lowest BCUT2D eigenvalue weighted by Crippen LogP contribution is -2.32. The van der Waals surface area contributed by atoms with Gasteiger partial charge in [0.05, 0.1) is 16.8 Å². The van der Waals surface area contributed by atoms with Gasteiger partial charge in [-0.3, -0.25) is 0 Å². The SMILES string of the molecule is c1ccc(-c2ccc(-c3cc(-c4cccc(-c5cccc(-c6cccc7c6Sc6ccccc6C76c7ccccc7-c7ccccc76)c5)c4)nc(-c4ccccc4)n3)cc2)cc1. The molecule has 290 valence electrons. The maximum Gasteiger partial charge on any atom is 0.160 e. The quantitative estimate of drug-likeness (QED) is 0.167. The second-order valence-corrected chi connectivity index (χ2v) is 17.1. The summed E-state index contributed by atoms with van der Waals surface area (Å²) in [5.41, 5.74) is 19.6. The molecule has 0 fully saturated rings. The summed E-state index contributed by atoms with van der Waals surface area (Å²) < 4.78 is 0. The van der Waals surface area contributed by atoms with Crippen LogP contribution < -0.4 is 0 Å². The van der Waals surface area contributed by atoms with Crippen LogP contribution in [0.5, 0.6) is 0 Å². The average Bonchev–Trinajstić information content (AvgIpc) is 3.65. The van der Waals surface area contributed by atoms with Gasteiger partial charge >= 0.3 is 0 Å². The first kappa shape index (κ1) is 36.3. The zero-order valence-corrected chi connectivity index (χ0v) is 34.6. The molecule has 1 aliphatic carbocycles. The average molecular weight is 807 g/mol. The van der Waals surface area contributed by atoms with Crippen LogP contribution in [0.25, 0.3) is 78.4 Å². The number of rotatable bonds is 6. The maximum atomic E-state index is 5.18. The van der Waals surface area contributed by atoms with Crippen LogP contribution in [0.15, 0.2) is 240 Å². The highest BCUT2D eigenvalue weighted by Crippen LogP contribution is 2.63. The largest absolute Gasteiger partial charge is 0.228 e. The van der Waals surface area contributed by atoms with Gasteiger partial charge in [-0.2, -0.15) is 0 Å². The van der Waals surface area contributed by atoms with Crippen molar-refractivity contribution in [3.8, 4) is 78.4 Å². The van der Waals surface area contributed by atoms with Crippen LogP contribution in [0.3, 0.4) is 0 Å². The Morgan fingerprint density at radius 1 is 0.290 bits per heavy atom. The van der Waals surface area contributed by atoms with Gasteiger partial charge in [0, 0.05) is 26.5 Å². The summed E-state index contributed by atoms with van der Waals surface area (Å²) in [6, 6.07) is 83.3. The molecule has 3 heteroatoms. The summed E-state index contributed by atoms with van der Waals surface area (Å²) in [5, 5.41) is 0. The van der Waals surface area contributed by atoms with E-state index in [0.717, 1.165) is 39.2 Å². The highest BCUT2D eigenvalue weighted by atomic mass is 32.2. The Kier molecular flexibility index (Phi) is 8.69. The molecule has 1 aromatic heterocycles. The topological polar surface area (TPSA) is 25.8 Å². The van der Waals surface area contributed by atoms with Crippen molar-refractivity contribution in [2.75, 3.05) is 0 Å². The summed E-state index contributed by atoms with van der Waals surface area (Å²) in [6.07, 6.45) is 0. The number of fused-ring (bicyclic) bond motifs is 9. The molecule has 62 heavy (non-hydrogen) atoms. The van der Waals surface area contributed by atoms with E-state index in [0.29, 0.717) is 5.82 Å². The fourth-order valence-corrected chi connectivity index (χ4v) is 11.1. The van der Waals surface area contributed by atoms with E-state index in [1.165, 1.54) is 65.4 Å². The zero-order chi connectivity index (χ0) is 41.0. The van der Waals surface area contributed by atoms with Gasteiger partial charge < -0.3 is 0 Å². The van der Waals surface area contributed by atoms with Crippen molar-refractivity contribution in [1.82, 2.24) is 9.97 Å². The van der Waals surface area contributed by atoms with E-state index in [1.54, 1.807) is 0 Å². The van der Waals surface area contributed by atoms with Crippen molar-refractivity contribution >= 4 is 11.8 Å². The van der Waals surface area contributed by atoms with Crippen LogP contribution >= 0.6 is 11.8 Å². The maximum absolute atomic E-state index is 5.18. The van der Waals surface area contributed by atoms with E-state index in [9.17, 15) is 0 Å². The minimum Gasteiger partial charge on any atom is -0.228 e. The first-order chi connectivity index (χ1) is 30.7. The van der Waals surface area contributed by atoms with E-state index in [2.05, 4.69) is 212 Å². The Balaban J connectivity index is 0.957. The van der Waals surface area contributed by atoms with Crippen molar-refractivity contribution in [1.29, 1.82) is 0 Å². The molecule has 1 spiro atoms. The molecule has 0 saturated heterocycles. The fourth-order valence-electron chi connectivity index (χ4n) is 9.75. The molecule has 0 bridgehead atoms. The van der Waals surface area contributed by atoms with Crippen LogP contribution in [-0.2, 0) is 5.41 Å². The molecule has 2 aliphatic rings. The van der Waals surface area contributed by atoms with E-state index in [4.69, 9.17) is 9.97 Å². The van der Waals surface area contributed by atoms with Gasteiger partial charge in [0.2, 0.25) is 0 Å². The van der Waals surface area contributed by atoms with E-state index in [1.807, 2.05) is 30.0 Å². The lowest BCUT2D eigenvalue weighted by atomic mass is 9.67. The van der Waals surface area contributed by atoms with Gasteiger partial charge in [0.1, 0.15) is 0 Å². The second-order valence-electron chi connectivity index (χ2n) is 16.1. The van der Waals surface area contributed by atoms with Gasteiger partial charge in [-0.15, -0.1) is 0 Å². The summed E-state index contributed by atoms with van der Waals surface area (Å²) >= 11 is 1.90. The highest BCUT2D eigenvalue weighted by Gasteiger charge is 2.50. The molecule has 0 radical (unpaired) electrons. The third kappa shape index (κ3) is 5.89. The van der Waals surface area contributed by atoms with Crippen molar-refractivity contribution in [2.24, 2.45) is 0 Å². The number of benzene rings is 9. The normalized spacial score (nSPS) is 12.9. The predicted octanol–water partition coefficient (Wildman–Crippen LogP) is 15.3. The molecular weight excluding hydrogens is 769 g/mol. The van der Waals surface area contributed by atoms with Crippen molar-refractivity contribution in [3.05, 3.63) is 253 Å². The third-order valence-corrected chi connectivity index (χ3v) is 13.8. The second kappa shape index (κ2) is 14.8. The van der Waals surface area contributed by atoms with Gasteiger partial charge in [-0.05, 0) is 91.0 Å². The molecule has 2 nitrogen and oxygen atoms in total. The van der Waals surface area contributed by atoms with Crippen molar-refractivity contribution in [3.63, 3.8) is 0 Å². The Labute approximate surface area is 366 Å². The van der Waals surface area contributed by atoms with Gasteiger partial charge in [-0.25, -0.2) is 9.97 Å². The fraction of sp³-hybridized carbons (Fsp3) is 0.0169. The lowest BCUT2D eigenvalue weighted by Gasteiger charge is -2.40. The molecule has 0 unspecified atom stereocenters. The smallest absolute Gasteiger partial charge is 0.160 e. The standard InChI is InChI=1S/C59H38N2S/c1-3-16-39(17-4-1)40-32-34-41(35-33-40)54-38-55(61-58(60-54)42-18-5-2-6-19-42)46-23-14-21-44(37-46)43-20-13-22-45(36-43)47-26-15-30-53-57(47)62-56-31-12-11-29-52(56)59(53)50-27-9-7-24-48(50)49-25-8-10-28-51(49)59/h1-38H. The zero-order valence-electron chi connectivity index (χ0n) is 33.7. The van der Waals surface area contributed by atoms with Crippen LogP contribution in [0.4, 0.5) is 0 Å². The van der Waals surface area contributed by atoms with Gasteiger partial charge in [0.15, 0.2) is 5.82 Å². The Bertz CT molecular complexity index is 3270. The molecule has 2 heterocycles. The van der Waals surface area contributed by atoms with E-state index < -0.39 is 5.41 Å². The minimum atomic E-state index is -0.411. The summed E-state index contributed by atoms with van der Waals surface area (Å²) in [4.78, 5) is 12.9. The van der Waals surface area contributed by atoms with Crippen LogP contribution in [0.1, 0.15) is 22.3 Å². The van der Waals surface area contributed by atoms with Crippen molar-refractivity contribution in [2.45, 2.75) is 15.2 Å². The first-order valence-electron chi connectivity index (χ1n) is 21.1. The van der Waals surface area contributed by atoms with E-state index >= 15 is 0 Å². The molecule has 9 aromatic carbocycles. The first-order valence-corrected chi connectivity index (χ1v) is 22.0. The van der Waals surface area contributed by atoms with Crippen LogP contribution in [-0.4, -0.2) is 9.97 Å². The molecule has 0 saturated carbocycles. The van der Waals surface area contributed by atoms with Gasteiger partial charge in [0.25, 0.3) is 0 Å². The molecular formula is C59H38N2S. The summed E-state index contributed by atoms with van der Waals surface area (Å²) in [6.45, 7) is 0. The molecule has 0 amide bonds.